The van der Waals surface area contributed by atoms with Crippen molar-refractivity contribution >= 4 is 33.9 Å². The van der Waals surface area contributed by atoms with Crippen LogP contribution in [0.2, 0.25) is 0 Å². The number of carbonyl (C=O) groups excluding carboxylic acids is 2. The Morgan fingerprint density at radius 1 is 1.08 bits per heavy atom. The Morgan fingerprint density at radius 3 is 2.50 bits per heavy atom. The summed E-state index contributed by atoms with van der Waals surface area (Å²) in [6, 6.07) is 11.5. The average Bonchev–Trinajstić information content (AvgIpc) is 3.02. The Hall–Kier alpha value is -2.80. The molecule has 0 unspecified atom stereocenters. The van der Waals surface area contributed by atoms with Gasteiger partial charge in [-0.25, -0.2) is 0 Å². The lowest BCUT2D eigenvalue weighted by atomic mass is 10.1. The van der Waals surface area contributed by atoms with E-state index in [1.165, 1.54) is 6.08 Å². The number of fused-ring (bicyclic) bond motifs is 1. The third-order valence-corrected chi connectivity index (χ3v) is 3.81. The molecule has 1 aliphatic heterocycles. The van der Waals surface area contributed by atoms with Crippen LogP contribution in [0.15, 0.2) is 52.6 Å². The number of carboxylic acids is 1. The molecule has 7 heteroatoms. The second kappa shape index (κ2) is 6.76. The highest BCUT2D eigenvalue weighted by Gasteiger charge is 2.14. The van der Waals surface area contributed by atoms with Crippen molar-refractivity contribution in [1.29, 1.82) is 0 Å². The number of hydrogen-bond donors (Lipinski definition) is 1. The smallest absolute Gasteiger partial charge is 0.255 e. The molecule has 0 aromatic heterocycles. The summed E-state index contributed by atoms with van der Waals surface area (Å²) >= 11 is 3.27. The van der Waals surface area contributed by atoms with E-state index in [1.54, 1.807) is 42.5 Å². The SMILES string of the molecule is O=C([O-])/C(=C/c1ccc2c(c1)OCO2)NC(=O)c1ccc(Br)cc1. The van der Waals surface area contributed by atoms with E-state index in [4.69, 9.17) is 9.47 Å². The van der Waals surface area contributed by atoms with Gasteiger partial charge in [0.1, 0.15) is 0 Å². The normalized spacial score (nSPS) is 12.8. The molecule has 0 radical (unpaired) electrons. The van der Waals surface area contributed by atoms with Crippen LogP contribution in [0.1, 0.15) is 15.9 Å². The second-order valence-electron chi connectivity index (χ2n) is 4.92. The van der Waals surface area contributed by atoms with Gasteiger partial charge in [-0.3, -0.25) is 4.79 Å². The summed E-state index contributed by atoms with van der Waals surface area (Å²) < 4.78 is 11.2. The molecule has 0 spiro atoms. The van der Waals surface area contributed by atoms with E-state index in [0.717, 1.165) is 4.47 Å². The van der Waals surface area contributed by atoms with Crippen molar-refractivity contribution in [2.24, 2.45) is 0 Å². The molecule has 0 fully saturated rings. The van der Waals surface area contributed by atoms with Gasteiger partial charge in [-0.05, 0) is 48.0 Å². The molecule has 0 aliphatic carbocycles. The first kappa shape index (κ1) is 16.1. The van der Waals surface area contributed by atoms with Crippen LogP contribution in [0.25, 0.3) is 6.08 Å². The van der Waals surface area contributed by atoms with Crippen molar-refractivity contribution in [3.05, 3.63) is 63.8 Å². The molecule has 0 bridgehead atoms. The van der Waals surface area contributed by atoms with Crippen LogP contribution in [-0.2, 0) is 4.79 Å². The molecular formula is C17H11BrNO5-. The number of carboxylic acid groups (broad SMARTS) is 1. The van der Waals surface area contributed by atoms with Crippen molar-refractivity contribution in [3.63, 3.8) is 0 Å². The fraction of sp³-hybridized carbons (Fsp3) is 0.0588. The fourth-order valence-electron chi connectivity index (χ4n) is 2.11. The molecule has 1 aliphatic rings. The van der Waals surface area contributed by atoms with Crippen LogP contribution >= 0.6 is 15.9 Å². The molecule has 24 heavy (non-hydrogen) atoms. The highest BCUT2D eigenvalue weighted by atomic mass is 79.9. The standard InChI is InChI=1S/C17H12BrNO5/c18-12-4-2-11(3-5-12)16(20)19-13(17(21)22)7-10-1-6-14-15(8-10)24-9-23-14/h1-8H,9H2,(H,19,20)(H,21,22)/p-1/b13-7-. The molecule has 1 N–H and O–H groups in total. The number of rotatable bonds is 4. The van der Waals surface area contributed by atoms with Gasteiger partial charge in [0.05, 0.1) is 11.7 Å². The summed E-state index contributed by atoms with van der Waals surface area (Å²) in [6.07, 6.45) is 1.30. The van der Waals surface area contributed by atoms with Crippen molar-refractivity contribution in [2.75, 3.05) is 6.79 Å². The average molecular weight is 389 g/mol. The Kier molecular flexibility index (Phi) is 4.52. The fourth-order valence-corrected chi connectivity index (χ4v) is 2.38. The predicted octanol–water partition coefficient (Wildman–Crippen LogP) is 1.70. The topological polar surface area (TPSA) is 87.7 Å². The third-order valence-electron chi connectivity index (χ3n) is 3.28. The maximum Gasteiger partial charge on any atom is 0.255 e. The quantitative estimate of drug-likeness (QED) is 0.805. The molecule has 2 aromatic carbocycles. The zero-order chi connectivity index (χ0) is 17.1. The molecule has 1 heterocycles. The van der Waals surface area contributed by atoms with Gasteiger partial charge >= 0.3 is 0 Å². The molecule has 3 rings (SSSR count). The summed E-state index contributed by atoms with van der Waals surface area (Å²) in [4.78, 5) is 23.4. The zero-order valence-electron chi connectivity index (χ0n) is 12.2. The van der Waals surface area contributed by atoms with E-state index < -0.39 is 11.9 Å². The molecular weight excluding hydrogens is 378 g/mol. The van der Waals surface area contributed by atoms with Crippen molar-refractivity contribution < 1.29 is 24.2 Å². The van der Waals surface area contributed by atoms with Crippen LogP contribution in [0.3, 0.4) is 0 Å². The molecule has 2 aromatic rings. The van der Waals surface area contributed by atoms with Gasteiger partial charge in [0.25, 0.3) is 5.91 Å². The highest BCUT2D eigenvalue weighted by molar-refractivity contribution is 9.10. The first-order valence-electron chi connectivity index (χ1n) is 6.92. The van der Waals surface area contributed by atoms with E-state index in [0.29, 0.717) is 22.6 Å². The highest BCUT2D eigenvalue weighted by Crippen LogP contribution is 2.33. The Morgan fingerprint density at radius 2 is 1.79 bits per heavy atom. The van der Waals surface area contributed by atoms with Crippen LogP contribution in [0, 0.1) is 0 Å². The minimum absolute atomic E-state index is 0.121. The number of amides is 1. The molecule has 0 saturated heterocycles. The van der Waals surface area contributed by atoms with Crippen molar-refractivity contribution in [1.82, 2.24) is 5.32 Å². The maximum absolute atomic E-state index is 12.1. The van der Waals surface area contributed by atoms with Crippen molar-refractivity contribution in [2.45, 2.75) is 0 Å². The van der Waals surface area contributed by atoms with E-state index >= 15 is 0 Å². The number of halogens is 1. The van der Waals surface area contributed by atoms with Gasteiger partial charge in [-0.1, -0.05) is 22.0 Å². The summed E-state index contributed by atoms with van der Waals surface area (Å²) in [5, 5.41) is 13.6. The first-order valence-corrected chi connectivity index (χ1v) is 7.72. The molecule has 6 nitrogen and oxygen atoms in total. The maximum atomic E-state index is 12.1. The lowest BCUT2D eigenvalue weighted by Gasteiger charge is -2.11. The lowest BCUT2D eigenvalue weighted by molar-refractivity contribution is -0.299. The van der Waals surface area contributed by atoms with Crippen molar-refractivity contribution in [3.8, 4) is 11.5 Å². The third kappa shape index (κ3) is 3.57. The Labute approximate surface area is 145 Å². The number of nitrogens with one attached hydrogen (secondary N) is 1. The molecule has 122 valence electrons. The molecule has 1 amide bonds. The number of hydrogen-bond acceptors (Lipinski definition) is 5. The Balaban J connectivity index is 1.83. The van der Waals surface area contributed by atoms with E-state index in [1.807, 2.05) is 0 Å². The van der Waals surface area contributed by atoms with Gasteiger partial charge in [-0.2, -0.15) is 0 Å². The minimum atomic E-state index is -1.49. The summed E-state index contributed by atoms with van der Waals surface area (Å²) in [6.45, 7) is 0.121. The number of aliphatic carboxylic acids is 1. The number of carbonyl (C=O) groups is 2. The Bertz CT molecular complexity index is 829. The molecule has 0 atom stereocenters. The van der Waals surface area contributed by atoms with Gasteiger partial charge in [0.15, 0.2) is 11.5 Å². The largest absolute Gasteiger partial charge is 0.543 e. The summed E-state index contributed by atoms with van der Waals surface area (Å²) in [5.41, 5.74) is 0.521. The lowest BCUT2D eigenvalue weighted by Crippen LogP contribution is -2.35. The molecule has 0 saturated carbocycles. The van der Waals surface area contributed by atoms with Gasteiger partial charge < -0.3 is 24.7 Å². The van der Waals surface area contributed by atoms with E-state index in [-0.39, 0.29) is 12.5 Å². The first-order chi connectivity index (χ1) is 11.5. The zero-order valence-corrected chi connectivity index (χ0v) is 13.8. The van der Waals surface area contributed by atoms with Gasteiger partial charge in [0, 0.05) is 10.0 Å². The number of benzene rings is 2. The monoisotopic (exact) mass is 388 g/mol. The summed E-state index contributed by atoms with van der Waals surface area (Å²) in [7, 11) is 0. The van der Waals surface area contributed by atoms with Gasteiger partial charge in [0.2, 0.25) is 6.79 Å². The summed E-state index contributed by atoms with van der Waals surface area (Å²) in [5.74, 6) is -0.932. The van der Waals surface area contributed by atoms with Crippen LogP contribution in [-0.4, -0.2) is 18.7 Å². The van der Waals surface area contributed by atoms with Gasteiger partial charge in [-0.15, -0.1) is 0 Å². The van der Waals surface area contributed by atoms with Crippen LogP contribution in [0.4, 0.5) is 0 Å². The van der Waals surface area contributed by atoms with E-state index in [2.05, 4.69) is 21.2 Å². The second-order valence-corrected chi connectivity index (χ2v) is 5.83. The van der Waals surface area contributed by atoms with E-state index in [9.17, 15) is 14.7 Å². The van der Waals surface area contributed by atoms with Crippen LogP contribution in [0.5, 0.6) is 11.5 Å². The van der Waals surface area contributed by atoms with Crippen LogP contribution < -0.4 is 19.9 Å². The predicted molar refractivity (Wildman–Crippen MR) is 87.2 cm³/mol. The minimum Gasteiger partial charge on any atom is -0.543 e. The number of ether oxygens (including phenoxy) is 2.